The molecule has 2 heterocycles. The maximum absolute atomic E-state index is 12.2. The van der Waals surface area contributed by atoms with Crippen LogP contribution in [0.2, 0.25) is 0 Å². The van der Waals surface area contributed by atoms with Crippen molar-refractivity contribution < 1.29 is 4.79 Å². The topological polar surface area (TPSA) is 89.8 Å². The third kappa shape index (κ3) is 2.95. The first-order valence-electron chi connectivity index (χ1n) is 6.26. The molecular weight excluding hydrogens is 290 g/mol. The van der Waals surface area contributed by atoms with Crippen LogP contribution in [0.15, 0.2) is 40.6 Å². The van der Waals surface area contributed by atoms with Gasteiger partial charge in [0.05, 0.1) is 11.9 Å². The number of nitrogens with zero attached hydrogens (tertiary/aromatic N) is 4. The summed E-state index contributed by atoms with van der Waals surface area (Å²) in [5, 5.41) is 13.3. The Morgan fingerprint density at radius 3 is 3.00 bits per heavy atom. The normalized spacial score (nSPS) is 10.7. The number of hydrogen-bond donors (Lipinski definition) is 1. The molecule has 7 nitrogen and oxygen atoms in total. The third-order valence-electron chi connectivity index (χ3n) is 2.86. The zero-order valence-electron chi connectivity index (χ0n) is 10.9. The van der Waals surface area contributed by atoms with Crippen LogP contribution in [0.4, 0.5) is 5.13 Å². The fourth-order valence-corrected chi connectivity index (χ4v) is 2.39. The highest BCUT2D eigenvalue weighted by Gasteiger charge is 2.08. The van der Waals surface area contributed by atoms with Crippen molar-refractivity contribution in [3.05, 3.63) is 46.2 Å². The van der Waals surface area contributed by atoms with Gasteiger partial charge in [0, 0.05) is 18.0 Å². The molecule has 0 fully saturated rings. The minimum atomic E-state index is -0.248. The highest BCUT2D eigenvalue weighted by atomic mass is 32.1. The lowest BCUT2D eigenvalue weighted by molar-refractivity contribution is -0.116. The molecule has 8 heteroatoms. The van der Waals surface area contributed by atoms with Crippen molar-refractivity contribution in [2.24, 2.45) is 0 Å². The maximum Gasteiger partial charge on any atom is 0.277 e. The van der Waals surface area contributed by atoms with Crippen molar-refractivity contribution in [3.8, 4) is 0 Å². The van der Waals surface area contributed by atoms with Gasteiger partial charge in [-0.15, -0.1) is 16.4 Å². The van der Waals surface area contributed by atoms with Crippen LogP contribution in [-0.2, 0) is 11.3 Å². The minimum Gasteiger partial charge on any atom is -0.302 e. The second-order valence-corrected chi connectivity index (χ2v) is 5.16. The zero-order valence-corrected chi connectivity index (χ0v) is 11.7. The van der Waals surface area contributed by atoms with Gasteiger partial charge in [0.1, 0.15) is 5.52 Å². The lowest BCUT2D eigenvalue weighted by atomic mass is 10.2. The van der Waals surface area contributed by atoms with Gasteiger partial charge in [-0.05, 0) is 12.1 Å². The molecule has 0 spiro atoms. The summed E-state index contributed by atoms with van der Waals surface area (Å²) in [5.41, 5.74) is 0.300. The Balaban J connectivity index is 1.72. The molecule has 0 aliphatic heterocycles. The van der Waals surface area contributed by atoms with Gasteiger partial charge in [0.2, 0.25) is 5.91 Å². The van der Waals surface area contributed by atoms with Gasteiger partial charge in [0.25, 0.3) is 5.56 Å². The van der Waals surface area contributed by atoms with Crippen LogP contribution in [0, 0.1) is 0 Å². The number of aryl methyl sites for hydroxylation is 1. The molecule has 0 bridgehead atoms. The molecule has 0 saturated heterocycles. The summed E-state index contributed by atoms with van der Waals surface area (Å²) < 4.78 is 1.20. The molecule has 0 atom stereocenters. The number of amides is 1. The molecule has 3 rings (SSSR count). The Hall–Kier alpha value is -2.61. The van der Waals surface area contributed by atoms with Gasteiger partial charge >= 0.3 is 0 Å². The number of anilines is 1. The third-order valence-corrected chi connectivity index (χ3v) is 3.55. The monoisotopic (exact) mass is 301 g/mol. The number of thiazole rings is 1. The first-order chi connectivity index (χ1) is 10.2. The van der Waals surface area contributed by atoms with Crippen molar-refractivity contribution in [2.45, 2.75) is 13.0 Å². The predicted molar refractivity (Wildman–Crippen MR) is 79.2 cm³/mol. The largest absolute Gasteiger partial charge is 0.302 e. The van der Waals surface area contributed by atoms with Crippen LogP contribution in [0.3, 0.4) is 0 Å². The Morgan fingerprint density at radius 1 is 1.33 bits per heavy atom. The predicted octanol–water partition coefficient (Wildman–Crippen LogP) is 1.28. The Kier molecular flexibility index (Phi) is 3.69. The van der Waals surface area contributed by atoms with Crippen LogP contribution in [0.5, 0.6) is 0 Å². The van der Waals surface area contributed by atoms with Crippen LogP contribution in [0.1, 0.15) is 6.42 Å². The van der Waals surface area contributed by atoms with Crippen molar-refractivity contribution in [2.75, 3.05) is 5.32 Å². The number of rotatable bonds is 4. The Labute approximate surface area is 123 Å². The van der Waals surface area contributed by atoms with E-state index in [0.29, 0.717) is 16.0 Å². The van der Waals surface area contributed by atoms with Crippen LogP contribution in [0.25, 0.3) is 10.9 Å². The number of hydrogen-bond acceptors (Lipinski definition) is 6. The number of aromatic nitrogens is 4. The molecule has 0 saturated carbocycles. The molecule has 106 valence electrons. The van der Waals surface area contributed by atoms with E-state index in [0.717, 1.165) is 0 Å². The highest BCUT2D eigenvalue weighted by molar-refractivity contribution is 7.13. The lowest BCUT2D eigenvalue weighted by Gasteiger charge is -2.04. The van der Waals surface area contributed by atoms with E-state index in [1.165, 1.54) is 16.0 Å². The Morgan fingerprint density at radius 2 is 2.19 bits per heavy atom. The molecule has 1 N–H and O–H groups in total. The van der Waals surface area contributed by atoms with E-state index in [1.807, 2.05) is 0 Å². The van der Waals surface area contributed by atoms with Gasteiger partial charge in [-0.2, -0.15) is 0 Å². The van der Waals surface area contributed by atoms with Crippen LogP contribution < -0.4 is 10.9 Å². The maximum atomic E-state index is 12.2. The summed E-state index contributed by atoms with van der Waals surface area (Å²) in [5.74, 6) is -0.216. The van der Waals surface area contributed by atoms with Crippen LogP contribution >= 0.6 is 11.3 Å². The zero-order chi connectivity index (χ0) is 14.7. The van der Waals surface area contributed by atoms with Crippen molar-refractivity contribution in [1.29, 1.82) is 0 Å². The number of fused-ring (bicyclic) bond motifs is 1. The van der Waals surface area contributed by atoms with Crippen molar-refractivity contribution in [3.63, 3.8) is 0 Å². The standard InChI is InChI=1S/C13H11N5O2S/c19-11(15-13-14-6-8-21-13)5-7-18-12(20)9-3-1-2-4-10(9)16-17-18/h1-4,6,8H,5,7H2,(H,14,15,19). The van der Waals surface area contributed by atoms with Crippen molar-refractivity contribution in [1.82, 2.24) is 20.0 Å². The first kappa shape index (κ1) is 13.4. The van der Waals surface area contributed by atoms with Gasteiger partial charge in [-0.3, -0.25) is 9.59 Å². The fraction of sp³-hybridized carbons (Fsp3) is 0.154. The van der Waals surface area contributed by atoms with E-state index >= 15 is 0 Å². The smallest absolute Gasteiger partial charge is 0.277 e. The molecular formula is C13H11N5O2S. The molecule has 3 aromatic rings. The minimum absolute atomic E-state index is 0.131. The molecule has 0 aliphatic rings. The Bertz CT molecular complexity index is 828. The SMILES string of the molecule is O=C(CCn1nnc2ccccc2c1=O)Nc1nccs1. The van der Waals surface area contributed by atoms with Gasteiger partial charge in [-0.25, -0.2) is 9.67 Å². The second kappa shape index (κ2) is 5.80. The number of benzene rings is 1. The first-order valence-corrected chi connectivity index (χ1v) is 7.14. The van der Waals surface area contributed by atoms with E-state index < -0.39 is 0 Å². The van der Waals surface area contributed by atoms with Gasteiger partial charge in [0.15, 0.2) is 5.13 Å². The second-order valence-electron chi connectivity index (χ2n) is 4.27. The summed E-state index contributed by atoms with van der Waals surface area (Å²) >= 11 is 1.34. The fourth-order valence-electron chi connectivity index (χ4n) is 1.84. The number of carbonyl (C=O) groups excluding carboxylic acids is 1. The molecule has 0 aliphatic carbocycles. The van der Waals surface area contributed by atoms with Crippen LogP contribution in [-0.4, -0.2) is 25.9 Å². The van der Waals surface area contributed by atoms with E-state index in [1.54, 1.807) is 35.8 Å². The quantitative estimate of drug-likeness (QED) is 0.784. The molecule has 1 amide bonds. The number of carbonyl (C=O) groups is 1. The molecule has 2 aromatic heterocycles. The average Bonchev–Trinajstić information content (AvgIpc) is 3.00. The number of nitrogens with one attached hydrogen (secondary N) is 1. The van der Waals surface area contributed by atoms with Gasteiger partial charge in [-0.1, -0.05) is 17.3 Å². The summed E-state index contributed by atoms with van der Waals surface area (Å²) in [6.45, 7) is 0.174. The summed E-state index contributed by atoms with van der Waals surface area (Å²) in [7, 11) is 0. The molecule has 21 heavy (non-hydrogen) atoms. The van der Waals surface area contributed by atoms with E-state index in [2.05, 4.69) is 20.6 Å². The molecule has 1 aromatic carbocycles. The highest BCUT2D eigenvalue weighted by Crippen LogP contribution is 2.10. The average molecular weight is 301 g/mol. The van der Waals surface area contributed by atoms with Crippen molar-refractivity contribution >= 4 is 33.3 Å². The van der Waals surface area contributed by atoms with Gasteiger partial charge < -0.3 is 5.32 Å². The van der Waals surface area contributed by atoms with E-state index in [4.69, 9.17) is 0 Å². The summed E-state index contributed by atoms with van der Waals surface area (Å²) in [4.78, 5) is 27.9. The van der Waals surface area contributed by atoms with E-state index in [-0.39, 0.29) is 24.4 Å². The molecule has 0 radical (unpaired) electrons. The van der Waals surface area contributed by atoms with E-state index in [9.17, 15) is 9.59 Å². The summed E-state index contributed by atoms with van der Waals surface area (Å²) in [6.07, 6.45) is 1.74. The molecule has 0 unspecified atom stereocenters. The summed E-state index contributed by atoms with van der Waals surface area (Å²) in [6, 6.07) is 6.98. The lowest BCUT2D eigenvalue weighted by Crippen LogP contribution is -2.26.